The van der Waals surface area contributed by atoms with Crippen molar-refractivity contribution in [2.24, 2.45) is 0 Å². The number of benzene rings is 1. The van der Waals surface area contributed by atoms with Gasteiger partial charge in [-0.3, -0.25) is 0 Å². The first kappa shape index (κ1) is 11.3. The zero-order valence-electron chi connectivity index (χ0n) is 9.82. The number of para-hydroxylation sites is 1. The predicted molar refractivity (Wildman–Crippen MR) is 62.0 cm³/mol. The number of epoxide rings is 1. The van der Waals surface area contributed by atoms with Crippen molar-refractivity contribution in [3.05, 3.63) is 23.8 Å². The lowest BCUT2D eigenvalue weighted by atomic mass is 10.0. The number of hydrogen-bond acceptors (Lipinski definition) is 3. The monoisotopic (exact) mass is 222 g/mol. The number of aromatic hydroxyl groups is 1. The van der Waals surface area contributed by atoms with Crippen LogP contribution in [0.5, 0.6) is 11.5 Å². The maximum Gasteiger partial charge on any atom is 0.160 e. The third-order valence-electron chi connectivity index (χ3n) is 3.09. The molecule has 1 fully saturated rings. The van der Waals surface area contributed by atoms with Gasteiger partial charge in [0.15, 0.2) is 11.5 Å². The molecule has 88 valence electrons. The van der Waals surface area contributed by atoms with Crippen LogP contribution in [-0.2, 0) is 11.2 Å². The Labute approximate surface area is 96.0 Å². The third kappa shape index (κ3) is 2.47. The van der Waals surface area contributed by atoms with Gasteiger partial charge >= 0.3 is 0 Å². The molecule has 0 aliphatic carbocycles. The highest BCUT2D eigenvalue weighted by Crippen LogP contribution is 2.34. The minimum Gasteiger partial charge on any atom is -0.504 e. The van der Waals surface area contributed by atoms with Crippen LogP contribution in [0.1, 0.15) is 25.3 Å². The first-order valence-corrected chi connectivity index (χ1v) is 5.63. The van der Waals surface area contributed by atoms with Crippen LogP contribution < -0.4 is 4.74 Å². The van der Waals surface area contributed by atoms with E-state index < -0.39 is 0 Å². The molecule has 1 heterocycles. The molecule has 0 spiro atoms. The number of methoxy groups -OCH3 is 1. The van der Waals surface area contributed by atoms with Crippen LogP contribution in [0, 0.1) is 0 Å². The van der Waals surface area contributed by atoms with Crippen molar-refractivity contribution in [3.8, 4) is 11.5 Å². The smallest absolute Gasteiger partial charge is 0.160 e. The fraction of sp³-hybridized carbons (Fsp3) is 0.538. The zero-order valence-corrected chi connectivity index (χ0v) is 9.82. The molecule has 1 N–H and O–H groups in total. The Bertz CT molecular complexity index is 369. The summed E-state index contributed by atoms with van der Waals surface area (Å²) in [7, 11) is 1.57. The van der Waals surface area contributed by atoms with Crippen molar-refractivity contribution < 1.29 is 14.6 Å². The van der Waals surface area contributed by atoms with E-state index >= 15 is 0 Å². The van der Waals surface area contributed by atoms with E-state index in [-0.39, 0.29) is 11.4 Å². The van der Waals surface area contributed by atoms with Gasteiger partial charge in [-0.1, -0.05) is 12.1 Å². The predicted octanol–water partition coefficient (Wildman–Crippen LogP) is 2.51. The molecule has 0 bridgehead atoms. The summed E-state index contributed by atoms with van der Waals surface area (Å²) in [5.74, 6) is 0.818. The van der Waals surface area contributed by atoms with E-state index in [1.807, 2.05) is 12.1 Å². The van der Waals surface area contributed by atoms with Crippen molar-refractivity contribution >= 4 is 0 Å². The lowest BCUT2D eigenvalue weighted by Gasteiger charge is -2.09. The van der Waals surface area contributed by atoms with Gasteiger partial charge in [0.25, 0.3) is 0 Å². The molecule has 1 aromatic carbocycles. The summed E-state index contributed by atoms with van der Waals surface area (Å²) >= 11 is 0. The second-order valence-electron chi connectivity index (χ2n) is 4.56. The Balaban J connectivity index is 1.93. The molecule has 2 rings (SSSR count). The first-order chi connectivity index (χ1) is 7.64. The SMILES string of the molecule is COc1cccc(CCCC2(C)CO2)c1O. The minimum atomic E-state index is 0.106. The fourth-order valence-corrected chi connectivity index (χ4v) is 1.85. The largest absolute Gasteiger partial charge is 0.504 e. The van der Waals surface area contributed by atoms with Gasteiger partial charge in [0.2, 0.25) is 0 Å². The number of phenols is 1. The van der Waals surface area contributed by atoms with Crippen LogP contribution in [0.15, 0.2) is 18.2 Å². The lowest BCUT2D eigenvalue weighted by Crippen LogP contribution is -2.04. The lowest BCUT2D eigenvalue weighted by molar-refractivity contribution is 0.303. The van der Waals surface area contributed by atoms with E-state index in [9.17, 15) is 5.11 Å². The molecule has 1 aliphatic heterocycles. The van der Waals surface area contributed by atoms with Crippen molar-refractivity contribution in [1.82, 2.24) is 0 Å². The van der Waals surface area contributed by atoms with E-state index in [4.69, 9.17) is 9.47 Å². The number of aryl methyl sites for hydroxylation is 1. The summed E-state index contributed by atoms with van der Waals surface area (Å²) in [5.41, 5.74) is 1.05. The van der Waals surface area contributed by atoms with E-state index in [0.717, 1.165) is 31.4 Å². The van der Waals surface area contributed by atoms with Crippen LogP contribution in [0.3, 0.4) is 0 Å². The third-order valence-corrected chi connectivity index (χ3v) is 3.09. The van der Waals surface area contributed by atoms with Crippen molar-refractivity contribution in [1.29, 1.82) is 0 Å². The van der Waals surface area contributed by atoms with Gasteiger partial charge in [0, 0.05) is 0 Å². The normalized spacial score (nSPS) is 23.1. The van der Waals surface area contributed by atoms with Crippen molar-refractivity contribution in [2.45, 2.75) is 31.8 Å². The standard InChI is InChI=1S/C13H18O3/c1-13(9-16-13)8-4-6-10-5-3-7-11(15-2)12(10)14/h3,5,7,14H,4,6,8-9H2,1-2H3. The molecular formula is C13H18O3. The van der Waals surface area contributed by atoms with E-state index in [1.54, 1.807) is 13.2 Å². The van der Waals surface area contributed by atoms with Gasteiger partial charge in [-0.2, -0.15) is 0 Å². The van der Waals surface area contributed by atoms with Crippen LogP contribution >= 0.6 is 0 Å². The average Bonchev–Trinajstić information content (AvgIpc) is 2.99. The molecule has 1 atom stereocenters. The number of phenolic OH excluding ortho intramolecular Hbond substituents is 1. The number of ether oxygens (including phenoxy) is 2. The highest BCUT2D eigenvalue weighted by Gasteiger charge is 2.38. The molecular weight excluding hydrogens is 204 g/mol. The van der Waals surface area contributed by atoms with Crippen molar-refractivity contribution in [2.75, 3.05) is 13.7 Å². The summed E-state index contributed by atoms with van der Waals surface area (Å²) in [4.78, 5) is 0. The molecule has 0 radical (unpaired) electrons. The summed E-state index contributed by atoms with van der Waals surface area (Å²) in [6.45, 7) is 3.00. The van der Waals surface area contributed by atoms with Gasteiger partial charge in [-0.25, -0.2) is 0 Å². The van der Waals surface area contributed by atoms with E-state index in [0.29, 0.717) is 5.75 Å². The molecule has 1 aliphatic rings. The van der Waals surface area contributed by atoms with Gasteiger partial charge in [-0.05, 0) is 37.8 Å². The topological polar surface area (TPSA) is 42.0 Å². The quantitative estimate of drug-likeness (QED) is 0.778. The summed E-state index contributed by atoms with van der Waals surface area (Å²) in [6, 6.07) is 5.61. The first-order valence-electron chi connectivity index (χ1n) is 5.63. The van der Waals surface area contributed by atoms with Gasteiger partial charge < -0.3 is 14.6 Å². The van der Waals surface area contributed by atoms with Crippen LogP contribution in [0.4, 0.5) is 0 Å². The fourth-order valence-electron chi connectivity index (χ4n) is 1.85. The van der Waals surface area contributed by atoms with Crippen LogP contribution in [0.2, 0.25) is 0 Å². The Hall–Kier alpha value is -1.22. The Kier molecular flexibility index (Phi) is 3.06. The molecule has 0 amide bonds. The van der Waals surface area contributed by atoms with Crippen LogP contribution in [0.25, 0.3) is 0 Å². The Morgan fingerprint density at radius 1 is 1.50 bits per heavy atom. The summed E-state index contributed by atoms with van der Waals surface area (Å²) in [5, 5.41) is 9.88. The molecule has 0 saturated carbocycles. The van der Waals surface area contributed by atoms with Gasteiger partial charge in [-0.15, -0.1) is 0 Å². The second-order valence-corrected chi connectivity index (χ2v) is 4.56. The molecule has 3 nitrogen and oxygen atoms in total. The van der Waals surface area contributed by atoms with E-state index in [1.165, 1.54) is 0 Å². The molecule has 1 aromatic rings. The summed E-state index contributed by atoms with van der Waals surface area (Å²) < 4.78 is 10.4. The molecule has 16 heavy (non-hydrogen) atoms. The molecule has 0 aromatic heterocycles. The maximum atomic E-state index is 9.88. The Morgan fingerprint density at radius 2 is 2.25 bits per heavy atom. The highest BCUT2D eigenvalue weighted by atomic mass is 16.6. The highest BCUT2D eigenvalue weighted by molar-refractivity contribution is 5.45. The number of rotatable bonds is 5. The van der Waals surface area contributed by atoms with E-state index in [2.05, 4.69) is 6.92 Å². The zero-order chi connectivity index (χ0) is 11.6. The molecule has 1 unspecified atom stereocenters. The minimum absolute atomic E-state index is 0.106. The van der Waals surface area contributed by atoms with Crippen LogP contribution in [-0.4, -0.2) is 24.4 Å². The second kappa shape index (κ2) is 4.34. The van der Waals surface area contributed by atoms with Crippen molar-refractivity contribution in [3.63, 3.8) is 0 Å². The van der Waals surface area contributed by atoms with Gasteiger partial charge in [0.1, 0.15) is 0 Å². The molecule has 1 saturated heterocycles. The number of hydrogen-bond donors (Lipinski definition) is 1. The summed E-state index contributed by atoms with van der Waals surface area (Å²) in [6.07, 6.45) is 2.93. The Morgan fingerprint density at radius 3 is 2.88 bits per heavy atom. The maximum absolute atomic E-state index is 9.88. The average molecular weight is 222 g/mol. The van der Waals surface area contributed by atoms with Gasteiger partial charge in [0.05, 0.1) is 19.3 Å². The molecule has 3 heteroatoms.